The zero-order chi connectivity index (χ0) is 13.7. The summed E-state index contributed by atoms with van der Waals surface area (Å²) < 4.78 is 5.73. The van der Waals surface area contributed by atoms with Gasteiger partial charge in [0, 0.05) is 18.3 Å². The van der Waals surface area contributed by atoms with Crippen LogP contribution < -0.4 is 5.73 Å². The van der Waals surface area contributed by atoms with Crippen molar-refractivity contribution in [3.63, 3.8) is 0 Å². The second-order valence-corrected chi connectivity index (χ2v) is 5.50. The highest BCUT2D eigenvalue weighted by atomic mass is 16.5. The Labute approximate surface area is 116 Å². The number of benzene rings is 1. The first-order chi connectivity index (χ1) is 9.20. The number of nitrogens with zero attached hydrogens (tertiary/aromatic N) is 1. The average molecular weight is 262 g/mol. The Balaban J connectivity index is 1.82. The Hall–Kier alpha value is -1.06. The zero-order valence-corrected chi connectivity index (χ0v) is 12.1. The fourth-order valence-electron chi connectivity index (χ4n) is 2.80. The average Bonchev–Trinajstić information content (AvgIpc) is 2.41. The highest BCUT2D eigenvalue weighted by Gasteiger charge is 2.24. The number of nitrogen functional groups attached to an aromatic ring is 1. The van der Waals surface area contributed by atoms with E-state index in [1.165, 1.54) is 12.0 Å². The Morgan fingerprint density at radius 2 is 2.16 bits per heavy atom. The van der Waals surface area contributed by atoms with Crippen molar-refractivity contribution in [2.24, 2.45) is 0 Å². The molecule has 2 rings (SSSR count). The highest BCUT2D eigenvalue weighted by Crippen LogP contribution is 2.17. The minimum Gasteiger partial charge on any atom is -0.399 e. The maximum Gasteiger partial charge on any atom is 0.0674 e. The number of para-hydroxylation sites is 1. The van der Waals surface area contributed by atoms with Crippen molar-refractivity contribution in [1.82, 2.24) is 4.90 Å². The van der Waals surface area contributed by atoms with E-state index in [0.717, 1.165) is 38.2 Å². The lowest BCUT2D eigenvalue weighted by Gasteiger charge is -2.38. The number of hydrogen-bond acceptors (Lipinski definition) is 3. The van der Waals surface area contributed by atoms with Gasteiger partial charge in [-0.3, -0.25) is 4.90 Å². The van der Waals surface area contributed by atoms with Crippen LogP contribution in [0.5, 0.6) is 0 Å². The summed E-state index contributed by atoms with van der Waals surface area (Å²) in [4.78, 5) is 2.58. The van der Waals surface area contributed by atoms with Gasteiger partial charge in [-0.2, -0.15) is 0 Å². The van der Waals surface area contributed by atoms with E-state index in [4.69, 9.17) is 10.5 Å². The summed E-state index contributed by atoms with van der Waals surface area (Å²) in [7, 11) is 0. The van der Waals surface area contributed by atoms with Crippen LogP contribution in [0.2, 0.25) is 0 Å². The topological polar surface area (TPSA) is 38.5 Å². The van der Waals surface area contributed by atoms with Crippen molar-refractivity contribution in [1.29, 1.82) is 0 Å². The molecule has 1 aliphatic heterocycles. The molecule has 0 aliphatic carbocycles. The summed E-state index contributed by atoms with van der Waals surface area (Å²) in [5.74, 6) is 0. The van der Waals surface area contributed by atoms with Crippen molar-refractivity contribution in [2.45, 2.75) is 45.3 Å². The molecule has 1 aromatic rings. The van der Waals surface area contributed by atoms with Gasteiger partial charge in [0.25, 0.3) is 0 Å². The number of anilines is 1. The molecule has 1 aliphatic rings. The predicted octanol–water partition coefficient (Wildman–Crippen LogP) is 2.70. The van der Waals surface area contributed by atoms with Gasteiger partial charge < -0.3 is 10.5 Å². The number of morpholine rings is 1. The van der Waals surface area contributed by atoms with Gasteiger partial charge in [0.15, 0.2) is 0 Å². The van der Waals surface area contributed by atoms with Crippen molar-refractivity contribution in [3.8, 4) is 0 Å². The lowest BCUT2D eigenvalue weighted by molar-refractivity contribution is -0.0559. The van der Waals surface area contributed by atoms with Crippen LogP contribution in [0, 0.1) is 0 Å². The first-order valence-corrected chi connectivity index (χ1v) is 7.39. The van der Waals surface area contributed by atoms with Gasteiger partial charge in [-0.05, 0) is 44.4 Å². The van der Waals surface area contributed by atoms with Gasteiger partial charge in [-0.15, -0.1) is 0 Å². The van der Waals surface area contributed by atoms with Crippen molar-refractivity contribution >= 4 is 5.69 Å². The van der Waals surface area contributed by atoms with Crippen molar-refractivity contribution in [2.75, 3.05) is 25.4 Å². The van der Waals surface area contributed by atoms with Gasteiger partial charge in [0.1, 0.15) is 0 Å². The quantitative estimate of drug-likeness (QED) is 0.829. The summed E-state index contributed by atoms with van der Waals surface area (Å²) in [5, 5.41) is 0. The predicted molar refractivity (Wildman–Crippen MR) is 80.2 cm³/mol. The molecule has 2 atom stereocenters. The first kappa shape index (κ1) is 14.4. The van der Waals surface area contributed by atoms with Gasteiger partial charge in [0.05, 0.1) is 12.7 Å². The van der Waals surface area contributed by atoms with E-state index in [1.807, 2.05) is 12.1 Å². The van der Waals surface area contributed by atoms with Crippen LogP contribution in [-0.2, 0) is 11.2 Å². The normalized spacial score (nSPS) is 24.5. The van der Waals surface area contributed by atoms with Crippen LogP contribution in [0.25, 0.3) is 0 Å². The summed E-state index contributed by atoms with van der Waals surface area (Å²) in [6.45, 7) is 7.48. The molecule has 3 nitrogen and oxygen atoms in total. The Morgan fingerprint density at radius 1 is 1.37 bits per heavy atom. The molecule has 19 heavy (non-hydrogen) atoms. The summed E-state index contributed by atoms with van der Waals surface area (Å²) in [6.07, 6.45) is 3.76. The lowest BCUT2D eigenvalue weighted by atomic mass is 10.1. The van der Waals surface area contributed by atoms with E-state index in [9.17, 15) is 0 Å². The molecular formula is C16H26N2O. The molecule has 1 fully saturated rings. The van der Waals surface area contributed by atoms with Crippen molar-refractivity contribution < 1.29 is 4.74 Å². The standard InChI is InChI=1S/C16H26N2O/c1-3-15-12-19-13(2)11-18(15)10-6-8-14-7-4-5-9-16(14)17/h4-5,7,9,13,15H,3,6,8,10-12,17H2,1-2H3. The molecule has 2 unspecified atom stereocenters. The number of ether oxygens (including phenoxy) is 1. The Kier molecular flexibility index (Phi) is 5.23. The zero-order valence-electron chi connectivity index (χ0n) is 12.1. The van der Waals surface area contributed by atoms with Crippen LogP contribution in [-0.4, -0.2) is 36.7 Å². The number of hydrogen-bond donors (Lipinski definition) is 1. The molecule has 2 N–H and O–H groups in total. The fraction of sp³-hybridized carbons (Fsp3) is 0.625. The minimum absolute atomic E-state index is 0.365. The largest absolute Gasteiger partial charge is 0.399 e. The number of nitrogens with two attached hydrogens (primary N) is 1. The van der Waals surface area contributed by atoms with Crippen molar-refractivity contribution in [3.05, 3.63) is 29.8 Å². The third-order valence-electron chi connectivity index (χ3n) is 4.00. The molecule has 0 radical (unpaired) electrons. The fourth-order valence-corrected chi connectivity index (χ4v) is 2.80. The second-order valence-electron chi connectivity index (χ2n) is 5.50. The van der Waals surface area contributed by atoms with Crippen LogP contribution in [0.15, 0.2) is 24.3 Å². The molecule has 0 aromatic heterocycles. The molecule has 106 valence electrons. The third kappa shape index (κ3) is 3.95. The van der Waals surface area contributed by atoms with E-state index in [0.29, 0.717) is 12.1 Å². The molecule has 0 amide bonds. The van der Waals surface area contributed by atoms with E-state index >= 15 is 0 Å². The maximum absolute atomic E-state index is 5.98. The van der Waals surface area contributed by atoms with Crippen LogP contribution in [0.4, 0.5) is 5.69 Å². The highest BCUT2D eigenvalue weighted by molar-refractivity contribution is 5.46. The SMILES string of the molecule is CCC1COC(C)CN1CCCc1ccccc1N. The van der Waals surface area contributed by atoms with Gasteiger partial charge in [-0.25, -0.2) is 0 Å². The smallest absolute Gasteiger partial charge is 0.0674 e. The van der Waals surface area contributed by atoms with E-state index < -0.39 is 0 Å². The van der Waals surface area contributed by atoms with Gasteiger partial charge in [0.2, 0.25) is 0 Å². The minimum atomic E-state index is 0.365. The summed E-state index contributed by atoms with van der Waals surface area (Å²) in [6, 6.07) is 8.77. The van der Waals surface area contributed by atoms with Crippen LogP contribution in [0.3, 0.4) is 0 Å². The lowest BCUT2D eigenvalue weighted by Crippen LogP contribution is -2.48. The third-order valence-corrected chi connectivity index (χ3v) is 4.00. The molecule has 0 bridgehead atoms. The van der Waals surface area contributed by atoms with E-state index in [2.05, 4.69) is 30.9 Å². The monoisotopic (exact) mass is 262 g/mol. The maximum atomic E-state index is 5.98. The number of rotatable bonds is 5. The molecule has 1 saturated heterocycles. The molecule has 3 heteroatoms. The van der Waals surface area contributed by atoms with Crippen LogP contribution >= 0.6 is 0 Å². The molecule has 1 heterocycles. The summed E-state index contributed by atoms with van der Waals surface area (Å²) >= 11 is 0. The van der Waals surface area contributed by atoms with Gasteiger partial charge >= 0.3 is 0 Å². The molecule has 1 aromatic carbocycles. The van der Waals surface area contributed by atoms with Crippen LogP contribution in [0.1, 0.15) is 32.3 Å². The Bertz CT molecular complexity index is 394. The summed E-state index contributed by atoms with van der Waals surface area (Å²) in [5.41, 5.74) is 8.18. The second kappa shape index (κ2) is 6.92. The number of aryl methyl sites for hydroxylation is 1. The molecular weight excluding hydrogens is 236 g/mol. The first-order valence-electron chi connectivity index (χ1n) is 7.39. The molecule has 0 saturated carbocycles. The Morgan fingerprint density at radius 3 is 2.89 bits per heavy atom. The van der Waals surface area contributed by atoms with E-state index in [1.54, 1.807) is 0 Å². The van der Waals surface area contributed by atoms with E-state index in [-0.39, 0.29) is 0 Å². The molecule has 0 spiro atoms. The van der Waals surface area contributed by atoms with Gasteiger partial charge in [-0.1, -0.05) is 25.1 Å².